The first-order chi connectivity index (χ1) is 13.1. The van der Waals surface area contributed by atoms with E-state index in [0.29, 0.717) is 25.1 Å². The number of rotatable bonds is 4. The average Bonchev–Trinajstić information content (AvgIpc) is 3.22. The fourth-order valence-corrected chi connectivity index (χ4v) is 3.37. The zero-order valence-electron chi connectivity index (χ0n) is 15.0. The third kappa shape index (κ3) is 3.64. The van der Waals surface area contributed by atoms with Crippen molar-refractivity contribution >= 4 is 11.7 Å². The third-order valence-electron chi connectivity index (χ3n) is 4.83. The summed E-state index contributed by atoms with van der Waals surface area (Å²) in [5, 5.41) is 13.8. The molecule has 0 saturated carbocycles. The predicted octanol–water partition coefficient (Wildman–Crippen LogP) is 0.985. The van der Waals surface area contributed by atoms with Gasteiger partial charge in [0.25, 0.3) is 5.91 Å². The number of amides is 1. The van der Waals surface area contributed by atoms with Gasteiger partial charge in [0.2, 0.25) is 5.82 Å². The summed E-state index contributed by atoms with van der Waals surface area (Å²) in [5.41, 5.74) is 3.05. The normalized spacial score (nSPS) is 16.6. The summed E-state index contributed by atoms with van der Waals surface area (Å²) in [5.74, 6) is 0.206. The molecule has 0 bridgehead atoms. The van der Waals surface area contributed by atoms with Crippen LogP contribution in [0.1, 0.15) is 39.7 Å². The summed E-state index contributed by atoms with van der Waals surface area (Å²) in [6.45, 7) is 0. The number of Topliss-reactive ketones (excluding diaryl/α,β-unsaturated/α-hetero) is 1. The SMILES string of the molecule is Cn1ncc2c1CCC(NC(=O)c1n[nH]c(Cc3ccccc3)n1)C(=O)C2. The van der Waals surface area contributed by atoms with Crippen LogP contribution in [0.4, 0.5) is 0 Å². The first-order valence-corrected chi connectivity index (χ1v) is 8.88. The van der Waals surface area contributed by atoms with E-state index in [4.69, 9.17) is 0 Å². The molecule has 4 rings (SSSR count). The molecule has 0 saturated heterocycles. The van der Waals surface area contributed by atoms with Crippen LogP contribution in [0.2, 0.25) is 0 Å². The highest BCUT2D eigenvalue weighted by atomic mass is 16.2. The van der Waals surface area contributed by atoms with Gasteiger partial charge in [-0.3, -0.25) is 19.4 Å². The van der Waals surface area contributed by atoms with E-state index in [-0.39, 0.29) is 18.0 Å². The zero-order chi connectivity index (χ0) is 18.8. The number of nitrogens with zero attached hydrogens (tertiary/aromatic N) is 4. The Morgan fingerprint density at radius 3 is 2.96 bits per heavy atom. The van der Waals surface area contributed by atoms with Crippen LogP contribution in [-0.2, 0) is 31.1 Å². The molecule has 1 aromatic carbocycles. The molecule has 1 unspecified atom stereocenters. The van der Waals surface area contributed by atoms with Crippen molar-refractivity contribution in [3.63, 3.8) is 0 Å². The van der Waals surface area contributed by atoms with Gasteiger partial charge in [-0.25, -0.2) is 4.98 Å². The van der Waals surface area contributed by atoms with Crippen molar-refractivity contribution in [3.8, 4) is 0 Å². The van der Waals surface area contributed by atoms with Crippen LogP contribution in [0, 0.1) is 0 Å². The van der Waals surface area contributed by atoms with Gasteiger partial charge < -0.3 is 5.32 Å². The molecule has 3 aromatic rings. The number of hydrogen-bond acceptors (Lipinski definition) is 5. The van der Waals surface area contributed by atoms with E-state index in [1.807, 2.05) is 37.4 Å². The highest BCUT2D eigenvalue weighted by Gasteiger charge is 2.28. The molecule has 8 nitrogen and oxygen atoms in total. The van der Waals surface area contributed by atoms with Crippen LogP contribution < -0.4 is 5.32 Å². The maximum atomic E-state index is 12.5. The van der Waals surface area contributed by atoms with Crippen molar-refractivity contribution in [2.45, 2.75) is 31.7 Å². The Morgan fingerprint density at radius 1 is 1.33 bits per heavy atom. The largest absolute Gasteiger partial charge is 0.339 e. The number of aromatic amines is 1. The van der Waals surface area contributed by atoms with Crippen molar-refractivity contribution in [2.75, 3.05) is 0 Å². The molecular formula is C19H20N6O2. The fourth-order valence-electron chi connectivity index (χ4n) is 3.37. The molecule has 1 aliphatic rings. The minimum Gasteiger partial charge on any atom is -0.339 e. The molecule has 8 heteroatoms. The molecule has 1 amide bonds. The minimum atomic E-state index is -0.541. The molecule has 1 atom stereocenters. The predicted molar refractivity (Wildman–Crippen MR) is 97.1 cm³/mol. The second-order valence-corrected chi connectivity index (χ2v) is 6.72. The van der Waals surface area contributed by atoms with Crippen LogP contribution in [-0.4, -0.2) is 42.7 Å². The standard InChI is InChI=1S/C19H20N6O2/c1-25-15-8-7-14(16(26)10-13(15)11-20-25)21-19(27)18-22-17(23-24-18)9-12-5-3-2-4-6-12/h2-6,11,14H,7-10H2,1H3,(H,21,27)(H,22,23,24). The molecular weight excluding hydrogens is 344 g/mol. The average molecular weight is 364 g/mol. The van der Waals surface area contributed by atoms with Gasteiger partial charge in [-0.15, -0.1) is 5.10 Å². The Kier molecular flexibility index (Phi) is 4.53. The zero-order valence-corrected chi connectivity index (χ0v) is 15.0. The lowest BCUT2D eigenvalue weighted by atomic mass is 10.1. The number of H-pyrrole nitrogens is 1. The number of carbonyl (C=O) groups is 2. The molecule has 27 heavy (non-hydrogen) atoms. The van der Waals surface area contributed by atoms with Gasteiger partial charge in [0.1, 0.15) is 5.82 Å². The smallest absolute Gasteiger partial charge is 0.291 e. The highest BCUT2D eigenvalue weighted by molar-refractivity contribution is 5.96. The summed E-state index contributed by atoms with van der Waals surface area (Å²) < 4.78 is 1.79. The first kappa shape index (κ1) is 17.1. The fraction of sp³-hybridized carbons (Fsp3) is 0.316. The van der Waals surface area contributed by atoms with Crippen LogP contribution >= 0.6 is 0 Å². The molecule has 138 valence electrons. The van der Waals surface area contributed by atoms with Crippen LogP contribution in [0.25, 0.3) is 0 Å². The van der Waals surface area contributed by atoms with Gasteiger partial charge in [0.05, 0.1) is 12.2 Å². The number of fused-ring (bicyclic) bond motifs is 1. The molecule has 0 spiro atoms. The molecule has 0 aliphatic heterocycles. The van der Waals surface area contributed by atoms with Gasteiger partial charge in [0, 0.05) is 31.1 Å². The van der Waals surface area contributed by atoms with E-state index in [9.17, 15) is 9.59 Å². The summed E-state index contributed by atoms with van der Waals surface area (Å²) in [7, 11) is 1.87. The Morgan fingerprint density at radius 2 is 2.15 bits per heavy atom. The Hall–Kier alpha value is -3.29. The van der Waals surface area contributed by atoms with Gasteiger partial charge in [-0.1, -0.05) is 30.3 Å². The van der Waals surface area contributed by atoms with Gasteiger partial charge >= 0.3 is 0 Å². The van der Waals surface area contributed by atoms with E-state index < -0.39 is 11.9 Å². The Bertz CT molecular complexity index is 975. The first-order valence-electron chi connectivity index (χ1n) is 8.88. The monoisotopic (exact) mass is 364 g/mol. The van der Waals surface area contributed by atoms with Crippen molar-refractivity contribution < 1.29 is 9.59 Å². The van der Waals surface area contributed by atoms with Crippen molar-refractivity contribution in [2.24, 2.45) is 7.05 Å². The third-order valence-corrected chi connectivity index (χ3v) is 4.83. The molecule has 1 aliphatic carbocycles. The van der Waals surface area contributed by atoms with Crippen molar-refractivity contribution in [1.82, 2.24) is 30.3 Å². The molecule has 0 fully saturated rings. The van der Waals surface area contributed by atoms with E-state index in [0.717, 1.165) is 16.8 Å². The molecule has 2 aromatic heterocycles. The highest BCUT2D eigenvalue weighted by Crippen LogP contribution is 2.18. The lowest BCUT2D eigenvalue weighted by molar-refractivity contribution is -0.120. The Balaban J connectivity index is 1.41. The van der Waals surface area contributed by atoms with Crippen LogP contribution in [0.15, 0.2) is 36.5 Å². The van der Waals surface area contributed by atoms with Crippen molar-refractivity contribution in [3.05, 3.63) is 65.0 Å². The van der Waals surface area contributed by atoms with E-state index in [1.165, 1.54) is 0 Å². The number of benzene rings is 1. The van der Waals surface area contributed by atoms with Gasteiger partial charge in [-0.2, -0.15) is 5.10 Å². The van der Waals surface area contributed by atoms with Crippen LogP contribution in [0.3, 0.4) is 0 Å². The second kappa shape index (κ2) is 7.14. The maximum absolute atomic E-state index is 12.5. The topological polar surface area (TPSA) is 106 Å². The van der Waals surface area contributed by atoms with E-state index in [1.54, 1.807) is 10.9 Å². The maximum Gasteiger partial charge on any atom is 0.291 e. The number of ketones is 1. The number of aryl methyl sites for hydroxylation is 1. The Labute approximate surface area is 156 Å². The number of carbonyl (C=O) groups excluding carboxylic acids is 2. The quantitative estimate of drug-likeness (QED) is 0.672. The summed E-state index contributed by atoms with van der Waals surface area (Å²) in [4.78, 5) is 29.2. The molecule has 2 heterocycles. The van der Waals surface area contributed by atoms with Crippen molar-refractivity contribution in [1.29, 1.82) is 0 Å². The van der Waals surface area contributed by atoms with Gasteiger partial charge in [0.15, 0.2) is 5.78 Å². The number of nitrogens with one attached hydrogen (secondary N) is 2. The van der Waals surface area contributed by atoms with E-state index >= 15 is 0 Å². The minimum absolute atomic E-state index is 0.0184. The lowest BCUT2D eigenvalue weighted by Gasteiger charge is -2.13. The number of aromatic nitrogens is 5. The molecule has 0 radical (unpaired) electrons. The second-order valence-electron chi connectivity index (χ2n) is 6.72. The summed E-state index contributed by atoms with van der Waals surface area (Å²) in [6, 6.07) is 9.27. The summed E-state index contributed by atoms with van der Waals surface area (Å²) >= 11 is 0. The molecule has 2 N–H and O–H groups in total. The van der Waals surface area contributed by atoms with E-state index in [2.05, 4.69) is 25.6 Å². The lowest BCUT2D eigenvalue weighted by Crippen LogP contribution is -2.41. The van der Waals surface area contributed by atoms with Gasteiger partial charge in [-0.05, 0) is 18.4 Å². The summed E-state index contributed by atoms with van der Waals surface area (Å²) in [6.07, 6.45) is 3.80. The van der Waals surface area contributed by atoms with Crippen LogP contribution in [0.5, 0.6) is 0 Å². The number of hydrogen-bond donors (Lipinski definition) is 2.